The van der Waals surface area contributed by atoms with Crippen molar-refractivity contribution in [2.45, 2.75) is 52.6 Å². The molecule has 164 valence electrons. The Morgan fingerprint density at radius 2 is 1.03 bits per heavy atom. The molecular weight excluding hydrogens is 485 g/mol. The van der Waals surface area contributed by atoms with Crippen LogP contribution < -0.4 is 20.8 Å². The molecule has 2 N–H and O–H groups in total. The molecule has 2 amide bonds. The molecule has 0 radical (unpaired) electrons. The van der Waals surface area contributed by atoms with Gasteiger partial charge in [0.25, 0.3) is 0 Å². The van der Waals surface area contributed by atoms with Crippen LogP contribution in [0.1, 0.15) is 40.5 Å². The van der Waals surface area contributed by atoms with E-state index in [0.717, 1.165) is 24.3 Å². The molecule has 13 heteroatoms. The van der Waals surface area contributed by atoms with E-state index in [2.05, 4.69) is 24.5 Å². The van der Waals surface area contributed by atoms with Crippen molar-refractivity contribution in [1.82, 2.24) is 10.6 Å². The number of carbonyl (C=O) groups is 4. The van der Waals surface area contributed by atoms with Crippen molar-refractivity contribution in [2.24, 2.45) is 0 Å². The fraction of sp³-hybridized carbons (Fsp3) is 0.750. The summed E-state index contributed by atoms with van der Waals surface area (Å²) in [5, 5.41) is 25.7. The molecule has 29 heavy (non-hydrogen) atoms. The summed E-state index contributed by atoms with van der Waals surface area (Å²) in [6, 6.07) is -1.77. The molecule has 0 saturated heterocycles. The Balaban J connectivity index is -0.000000451. The monoisotopic (exact) mass is 512 g/mol. The van der Waals surface area contributed by atoms with Crippen LogP contribution in [0.25, 0.3) is 0 Å². The van der Waals surface area contributed by atoms with Crippen LogP contribution in [-0.2, 0) is 19.2 Å². The van der Waals surface area contributed by atoms with E-state index in [0.29, 0.717) is 11.5 Å². The third kappa shape index (κ3) is 24.7. The number of carboxylic acids is 2. The van der Waals surface area contributed by atoms with Gasteiger partial charge in [0.05, 0.1) is 24.0 Å². The van der Waals surface area contributed by atoms with Gasteiger partial charge < -0.3 is 30.4 Å². The van der Waals surface area contributed by atoms with Gasteiger partial charge >= 0.3 is 37.7 Å². The minimum atomic E-state index is -1.23. The van der Waals surface area contributed by atoms with Crippen molar-refractivity contribution >= 4 is 105 Å². The zero-order valence-electron chi connectivity index (χ0n) is 17.2. The summed E-state index contributed by atoms with van der Waals surface area (Å²) in [6.07, 6.45) is 2.10. The fourth-order valence-electron chi connectivity index (χ4n) is 1.34. The molecule has 8 nitrogen and oxygen atoms in total. The van der Waals surface area contributed by atoms with Crippen LogP contribution in [0.3, 0.4) is 0 Å². The van der Waals surface area contributed by atoms with Gasteiger partial charge in [0.15, 0.2) is 0 Å². The second-order valence-corrected chi connectivity index (χ2v) is 10.6. The van der Waals surface area contributed by atoms with Crippen molar-refractivity contribution in [3.8, 4) is 0 Å². The molecule has 0 aliphatic rings. The summed E-state index contributed by atoms with van der Waals surface area (Å²) < 4.78 is 0. The maximum absolute atomic E-state index is 10.6. The normalized spacial score (nSPS) is 11.7. The predicted octanol–water partition coefficient (Wildman–Crippen LogP) is -0.316. The number of rotatable bonds is 14. The molecule has 0 heterocycles. The first-order chi connectivity index (χ1) is 13.1. The SMILES string of the molecule is CCCSSC[C@H](NC(C)=O)C(=O)[O-].CCCSSC[C@H](NC(C)=O)C(=O)[O-].[Ca+2]. The van der Waals surface area contributed by atoms with Gasteiger partial charge in [-0.25, -0.2) is 0 Å². The Kier molecular flexibility index (Phi) is 27.3. The van der Waals surface area contributed by atoms with Gasteiger partial charge in [-0.2, -0.15) is 0 Å². The summed E-state index contributed by atoms with van der Waals surface area (Å²) in [5.74, 6) is -0.524. The van der Waals surface area contributed by atoms with Crippen LogP contribution in [0.2, 0.25) is 0 Å². The molecule has 0 unspecified atom stereocenters. The molecule has 0 aromatic carbocycles. The summed E-state index contributed by atoms with van der Waals surface area (Å²) >= 11 is 0. The Morgan fingerprint density at radius 3 is 1.24 bits per heavy atom. The van der Waals surface area contributed by atoms with Crippen LogP contribution in [-0.4, -0.2) is 96.6 Å². The van der Waals surface area contributed by atoms with E-state index in [4.69, 9.17) is 0 Å². The van der Waals surface area contributed by atoms with E-state index in [1.54, 1.807) is 21.6 Å². The van der Waals surface area contributed by atoms with Gasteiger partial charge in [-0.05, 0) is 12.8 Å². The third-order valence-electron chi connectivity index (χ3n) is 2.54. The van der Waals surface area contributed by atoms with E-state index in [-0.39, 0.29) is 49.6 Å². The Bertz CT molecular complexity index is 446. The summed E-state index contributed by atoms with van der Waals surface area (Å²) in [4.78, 5) is 42.4. The molecule has 2 atom stereocenters. The largest absolute Gasteiger partial charge is 2.00 e. The smallest absolute Gasteiger partial charge is 0.548 e. The minimum Gasteiger partial charge on any atom is -0.548 e. The maximum Gasteiger partial charge on any atom is 2.00 e. The molecular formula is C16H28CaN2O6S4. The number of carbonyl (C=O) groups excluding carboxylic acids is 4. The van der Waals surface area contributed by atoms with Gasteiger partial charge in [-0.3, -0.25) is 9.59 Å². The van der Waals surface area contributed by atoms with Crippen molar-refractivity contribution in [1.29, 1.82) is 0 Å². The van der Waals surface area contributed by atoms with Gasteiger partial charge in [0.2, 0.25) is 11.8 Å². The number of hydrogen-bond donors (Lipinski definition) is 2. The Labute approximate surface area is 218 Å². The van der Waals surface area contributed by atoms with Crippen LogP contribution in [0.5, 0.6) is 0 Å². The molecule has 0 aliphatic heterocycles. The maximum atomic E-state index is 10.6. The summed E-state index contributed by atoms with van der Waals surface area (Å²) in [5.41, 5.74) is 0. The zero-order chi connectivity index (χ0) is 21.9. The second kappa shape index (κ2) is 23.2. The summed E-state index contributed by atoms with van der Waals surface area (Å²) in [6.45, 7) is 6.69. The second-order valence-electron chi connectivity index (χ2n) is 5.36. The van der Waals surface area contributed by atoms with E-state index in [9.17, 15) is 29.4 Å². The zero-order valence-corrected chi connectivity index (χ0v) is 22.7. The van der Waals surface area contributed by atoms with Crippen LogP contribution in [0.4, 0.5) is 0 Å². The topological polar surface area (TPSA) is 138 Å². The third-order valence-corrected chi connectivity index (χ3v) is 7.77. The van der Waals surface area contributed by atoms with Crippen LogP contribution in [0.15, 0.2) is 0 Å². The molecule has 0 aromatic heterocycles. The van der Waals surface area contributed by atoms with E-state index in [1.165, 1.54) is 35.4 Å². The van der Waals surface area contributed by atoms with E-state index >= 15 is 0 Å². The molecule has 0 rings (SSSR count). The quantitative estimate of drug-likeness (QED) is 0.181. The molecule has 0 aliphatic carbocycles. The number of carboxylic acid groups (broad SMARTS) is 2. The first-order valence-corrected chi connectivity index (χ1v) is 13.6. The number of aliphatic carboxylic acids is 2. The van der Waals surface area contributed by atoms with E-state index < -0.39 is 24.0 Å². The van der Waals surface area contributed by atoms with Gasteiger partial charge in [-0.15, -0.1) is 0 Å². The molecule has 0 spiro atoms. The minimum absolute atomic E-state index is 0. The fourth-order valence-corrected chi connectivity index (χ4v) is 5.92. The van der Waals surface area contributed by atoms with E-state index in [1.807, 2.05) is 0 Å². The van der Waals surface area contributed by atoms with Gasteiger partial charge in [0.1, 0.15) is 0 Å². The number of nitrogens with one attached hydrogen (secondary N) is 2. The van der Waals surface area contributed by atoms with Crippen molar-refractivity contribution in [2.75, 3.05) is 23.0 Å². The molecule has 0 fully saturated rings. The molecule has 0 saturated carbocycles. The average Bonchev–Trinajstić information content (AvgIpc) is 2.60. The van der Waals surface area contributed by atoms with Crippen molar-refractivity contribution < 1.29 is 29.4 Å². The standard InChI is InChI=1S/2C8H15NO3S2.Ca/c2*1-3-4-13-14-5-7(8(11)12)9-6(2)10;/h2*7H,3-5H2,1-2H3,(H,9,10)(H,11,12);/q;;+2/p-2/t2*7-;/m00./s1. The van der Waals surface area contributed by atoms with Gasteiger partial charge in [0, 0.05) is 36.9 Å². The molecule has 0 aromatic rings. The van der Waals surface area contributed by atoms with Crippen LogP contribution >= 0.6 is 43.2 Å². The average molecular weight is 513 g/mol. The van der Waals surface area contributed by atoms with Crippen LogP contribution in [0, 0.1) is 0 Å². The first kappa shape index (κ1) is 34.2. The molecule has 0 bridgehead atoms. The van der Waals surface area contributed by atoms with Crippen molar-refractivity contribution in [3.05, 3.63) is 0 Å². The first-order valence-electron chi connectivity index (χ1n) is 8.60. The number of hydrogen-bond acceptors (Lipinski definition) is 10. The number of amides is 2. The van der Waals surface area contributed by atoms with Crippen molar-refractivity contribution in [3.63, 3.8) is 0 Å². The van der Waals surface area contributed by atoms with Gasteiger partial charge in [-0.1, -0.05) is 57.0 Å². The Morgan fingerprint density at radius 1 is 0.724 bits per heavy atom. The predicted molar refractivity (Wildman–Crippen MR) is 121 cm³/mol. The summed E-state index contributed by atoms with van der Waals surface area (Å²) in [7, 11) is 6.08. The Hall–Kier alpha value is 0.540.